The van der Waals surface area contributed by atoms with Crippen molar-refractivity contribution in [3.63, 3.8) is 0 Å². The molecule has 0 radical (unpaired) electrons. The number of carbonyl (C=O) groups is 2. The summed E-state index contributed by atoms with van der Waals surface area (Å²) in [6, 6.07) is 5.00. The van der Waals surface area contributed by atoms with Crippen LogP contribution in [0.3, 0.4) is 0 Å². The van der Waals surface area contributed by atoms with Crippen LogP contribution in [0.5, 0.6) is 0 Å². The molecule has 2 heterocycles. The topological polar surface area (TPSA) is 89.2 Å². The van der Waals surface area contributed by atoms with Gasteiger partial charge in [0.25, 0.3) is 11.8 Å². The SMILES string of the molecule is Cn1nc(C(=O)NC2CCCC2)cc1NC(=O)c1ccco1. The third-order valence-electron chi connectivity index (χ3n) is 3.79. The Kier molecular flexibility index (Phi) is 3.95. The van der Waals surface area contributed by atoms with Gasteiger partial charge in [-0.15, -0.1) is 0 Å². The number of nitrogens with zero attached hydrogens (tertiary/aromatic N) is 2. The third kappa shape index (κ3) is 3.03. The standard InChI is InChI=1S/C15H18N4O3/c1-19-13(17-15(21)12-7-4-8-22-12)9-11(18-19)14(20)16-10-5-2-3-6-10/h4,7-10H,2-3,5-6H2,1H3,(H,16,20)(H,17,21). The van der Waals surface area contributed by atoms with Gasteiger partial charge in [0.1, 0.15) is 5.82 Å². The zero-order valence-corrected chi connectivity index (χ0v) is 12.3. The van der Waals surface area contributed by atoms with E-state index in [1.54, 1.807) is 25.2 Å². The van der Waals surface area contributed by atoms with Gasteiger partial charge < -0.3 is 15.1 Å². The van der Waals surface area contributed by atoms with Crippen molar-refractivity contribution in [2.24, 2.45) is 7.05 Å². The second-order valence-corrected chi connectivity index (χ2v) is 5.42. The molecule has 0 unspecified atom stereocenters. The quantitative estimate of drug-likeness (QED) is 0.903. The molecule has 1 aliphatic carbocycles. The van der Waals surface area contributed by atoms with Gasteiger partial charge >= 0.3 is 0 Å². The zero-order chi connectivity index (χ0) is 15.5. The Morgan fingerprint density at radius 1 is 1.32 bits per heavy atom. The van der Waals surface area contributed by atoms with Crippen molar-refractivity contribution >= 4 is 17.6 Å². The van der Waals surface area contributed by atoms with Crippen LogP contribution in [-0.4, -0.2) is 27.6 Å². The van der Waals surface area contributed by atoms with Crippen molar-refractivity contribution in [3.05, 3.63) is 35.9 Å². The lowest BCUT2D eigenvalue weighted by Gasteiger charge is -2.09. The second-order valence-electron chi connectivity index (χ2n) is 5.42. The number of hydrogen-bond donors (Lipinski definition) is 2. The Morgan fingerprint density at radius 2 is 2.09 bits per heavy atom. The molecule has 2 amide bonds. The van der Waals surface area contributed by atoms with Crippen LogP contribution in [0, 0.1) is 0 Å². The van der Waals surface area contributed by atoms with Gasteiger partial charge in [-0.1, -0.05) is 12.8 Å². The third-order valence-corrected chi connectivity index (χ3v) is 3.79. The van der Waals surface area contributed by atoms with Gasteiger partial charge in [0.2, 0.25) is 0 Å². The Hall–Kier alpha value is -2.57. The number of nitrogens with one attached hydrogen (secondary N) is 2. The first-order chi connectivity index (χ1) is 10.6. The Balaban J connectivity index is 1.67. The van der Waals surface area contributed by atoms with E-state index in [1.165, 1.54) is 10.9 Å². The number of aromatic nitrogens is 2. The summed E-state index contributed by atoms with van der Waals surface area (Å²) in [5, 5.41) is 9.79. The fourth-order valence-corrected chi connectivity index (χ4v) is 2.61. The van der Waals surface area contributed by atoms with Gasteiger partial charge in [-0.2, -0.15) is 5.10 Å². The molecule has 0 aromatic carbocycles. The molecule has 0 bridgehead atoms. The Bertz CT molecular complexity index is 669. The summed E-state index contributed by atoms with van der Waals surface area (Å²) in [6.45, 7) is 0. The molecular weight excluding hydrogens is 284 g/mol. The average Bonchev–Trinajstić information content (AvgIpc) is 3.21. The number of carbonyl (C=O) groups excluding carboxylic acids is 2. The fourth-order valence-electron chi connectivity index (χ4n) is 2.61. The van der Waals surface area contributed by atoms with Crippen LogP contribution in [0.4, 0.5) is 5.82 Å². The minimum atomic E-state index is -0.379. The van der Waals surface area contributed by atoms with E-state index in [-0.39, 0.29) is 23.6 Å². The molecule has 22 heavy (non-hydrogen) atoms. The van der Waals surface area contributed by atoms with E-state index in [2.05, 4.69) is 15.7 Å². The van der Waals surface area contributed by atoms with Gasteiger partial charge in [-0.25, -0.2) is 0 Å². The Morgan fingerprint density at radius 3 is 2.77 bits per heavy atom. The molecule has 2 aromatic heterocycles. The monoisotopic (exact) mass is 302 g/mol. The van der Waals surface area contributed by atoms with Crippen LogP contribution >= 0.6 is 0 Å². The molecule has 0 spiro atoms. The van der Waals surface area contributed by atoms with Gasteiger partial charge in [-0.05, 0) is 25.0 Å². The maximum Gasteiger partial charge on any atom is 0.292 e. The highest BCUT2D eigenvalue weighted by Gasteiger charge is 2.21. The largest absolute Gasteiger partial charge is 0.459 e. The molecule has 1 aliphatic rings. The number of rotatable bonds is 4. The normalized spacial score (nSPS) is 15.0. The summed E-state index contributed by atoms with van der Waals surface area (Å²) in [5.41, 5.74) is 0.296. The highest BCUT2D eigenvalue weighted by molar-refractivity contribution is 6.02. The van der Waals surface area contributed by atoms with Gasteiger partial charge in [0.05, 0.1) is 6.26 Å². The van der Waals surface area contributed by atoms with Crippen LogP contribution in [0.1, 0.15) is 46.7 Å². The van der Waals surface area contributed by atoms with Crippen molar-refractivity contribution in [1.82, 2.24) is 15.1 Å². The molecule has 0 aliphatic heterocycles. The van der Waals surface area contributed by atoms with Crippen LogP contribution < -0.4 is 10.6 Å². The first-order valence-electron chi connectivity index (χ1n) is 7.33. The molecule has 0 atom stereocenters. The molecular formula is C15H18N4O3. The summed E-state index contributed by atoms with van der Waals surface area (Å²) < 4.78 is 6.49. The van der Waals surface area contributed by atoms with Gasteiger partial charge in [0.15, 0.2) is 11.5 Å². The molecule has 7 heteroatoms. The molecule has 3 rings (SSSR count). The highest BCUT2D eigenvalue weighted by Crippen LogP contribution is 2.18. The molecule has 7 nitrogen and oxygen atoms in total. The maximum atomic E-state index is 12.2. The molecule has 2 N–H and O–H groups in total. The molecule has 1 fully saturated rings. The lowest BCUT2D eigenvalue weighted by atomic mass is 10.2. The van der Waals surface area contributed by atoms with Crippen LogP contribution in [0.2, 0.25) is 0 Å². The van der Waals surface area contributed by atoms with Gasteiger partial charge in [-0.3, -0.25) is 14.3 Å². The first-order valence-corrected chi connectivity index (χ1v) is 7.33. The first kappa shape index (κ1) is 14.4. The van der Waals surface area contributed by atoms with Crippen molar-refractivity contribution < 1.29 is 14.0 Å². The molecule has 1 saturated carbocycles. The fraction of sp³-hybridized carbons (Fsp3) is 0.400. The minimum absolute atomic E-state index is 0.207. The molecule has 0 saturated heterocycles. The summed E-state index contributed by atoms with van der Waals surface area (Å²) in [5.74, 6) is 0.0628. The van der Waals surface area contributed by atoms with Crippen LogP contribution in [0.25, 0.3) is 0 Å². The summed E-state index contributed by atoms with van der Waals surface area (Å²) in [7, 11) is 1.67. The van der Waals surface area contributed by atoms with Crippen molar-refractivity contribution in [1.29, 1.82) is 0 Å². The van der Waals surface area contributed by atoms with E-state index in [0.717, 1.165) is 25.7 Å². The number of anilines is 1. The summed E-state index contributed by atoms with van der Waals surface area (Å²) >= 11 is 0. The number of amides is 2. The van der Waals surface area contributed by atoms with Crippen molar-refractivity contribution in [2.45, 2.75) is 31.7 Å². The summed E-state index contributed by atoms with van der Waals surface area (Å²) in [4.78, 5) is 24.1. The average molecular weight is 302 g/mol. The van der Waals surface area contributed by atoms with E-state index < -0.39 is 0 Å². The minimum Gasteiger partial charge on any atom is -0.459 e. The van der Waals surface area contributed by atoms with Crippen LogP contribution in [-0.2, 0) is 7.05 Å². The molecule has 116 valence electrons. The number of furan rings is 1. The highest BCUT2D eigenvalue weighted by atomic mass is 16.3. The zero-order valence-electron chi connectivity index (χ0n) is 12.3. The van der Waals surface area contributed by atoms with Crippen molar-refractivity contribution in [3.8, 4) is 0 Å². The molecule has 2 aromatic rings. The van der Waals surface area contributed by atoms with E-state index in [1.807, 2.05) is 0 Å². The van der Waals surface area contributed by atoms with Crippen molar-refractivity contribution in [2.75, 3.05) is 5.32 Å². The van der Waals surface area contributed by atoms with E-state index in [0.29, 0.717) is 11.5 Å². The predicted octanol–water partition coefficient (Wildman–Crippen LogP) is 1.94. The second kappa shape index (κ2) is 6.05. The van der Waals surface area contributed by atoms with Gasteiger partial charge in [0, 0.05) is 19.2 Å². The lowest BCUT2D eigenvalue weighted by Crippen LogP contribution is -2.32. The Labute approximate surface area is 127 Å². The number of aryl methyl sites for hydroxylation is 1. The van der Waals surface area contributed by atoms with E-state index in [4.69, 9.17) is 4.42 Å². The smallest absolute Gasteiger partial charge is 0.292 e. The van der Waals surface area contributed by atoms with E-state index in [9.17, 15) is 9.59 Å². The van der Waals surface area contributed by atoms with E-state index >= 15 is 0 Å². The lowest BCUT2D eigenvalue weighted by molar-refractivity contribution is 0.0931. The maximum absolute atomic E-state index is 12.2. The van der Waals surface area contributed by atoms with Crippen LogP contribution in [0.15, 0.2) is 28.9 Å². The predicted molar refractivity (Wildman–Crippen MR) is 79.6 cm³/mol. The number of hydrogen-bond acceptors (Lipinski definition) is 4. The summed E-state index contributed by atoms with van der Waals surface area (Å²) in [6.07, 6.45) is 5.76.